The highest BCUT2D eigenvalue weighted by atomic mass is 15.3. The molecule has 0 radical (unpaired) electrons. The lowest BCUT2D eigenvalue weighted by molar-refractivity contribution is 0.523. The molecule has 0 bridgehead atoms. The molecule has 0 saturated carbocycles. The Bertz CT molecular complexity index is 1130. The summed E-state index contributed by atoms with van der Waals surface area (Å²) in [5.41, 5.74) is 6.76. The van der Waals surface area contributed by atoms with Gasteiger partial charge >= 0.3 is 0 Å². The van der Waals surface area contributed by atoms with Gasteiger partial charge in [-0.3, -0.25) is 0 Å². The molecule has 7 nitrogen and oxygen atoms in total. The van der Waals surface area contributed by atoms with E-state index in [2.05, 4.69) is 87.2 Å². The van der Waals surface area contributed by atoms with E-state index >= 15 is 0 Å². The number of nitrogens with one attached hydrogen (secondary N) is 1. The van der Waals surface area contributed by atoms with Crippen molar-refractivity contribution < 1.29 is 0 Å². The van der Waals surface area contributed by atoms with Crippen LogP contribution < -0.4 is 20.0 Å². The number of anilines is 4. The fraction of sp³-hybridized carbons (Fsp3) is 0.464. The van der Waals surface area contributed by atoms with Gasteiger partial charge in [0.1, 0.15) is 5.82 Å². The predicted octanol–water partition coefficient (Wildman–Crippen LogP) is 4.59. The number of aryl methyl sites for hydroxylation is 2. The minimum Gasteiger partial charge on any atom is -0.382 e. The molecular formula is C28H37N7. The molecule has 0 aliphatic carbocycles. The van der Waals surface area contributed by atoms with Gasteiger partial charge in [0.05, 0.1) is 0 Å². The number of nitrogens with zero attached hydrogens (tertiary/aromatic N) is 6. The standard InChI is InChI=1S/C28H37N7/c1-20-18-21(2)28(34-16-17-35(22(3)19-34)26-9-7-13-30-32-26)23(4)27(20)31-24-10-14-33(15-11-24)25-8-5-6-12-29-25/h5-9,12-13,18,22,24,31H,10-11,14-17,19H2,1-4H3/t22-/m0/s1. The Labute approximate surface area is 209 Å². The summed E-state index contributed by atoms with van der Waals surface area (Å²) in [6.45, 7) is 14.0. The number of benzene rings is 1. The summed E-state index contributed by atoms with van der Waals surface area (Å²) >= 11 is 0. The molecule has 3 aromatic rings. The normalized spacial score (nSPS) is 19.2. The zero-order valence-electron chi connectivity index (χ0n) is 21.4. The van der Waals surface area contributed by atoms with Crippen LogP contribution >= 0.6 is 0 Å². The number of piperidine rings is 1. The van der Waals surface area contributed by atoms with Gasteiger partial charge in [-0.2, -0.15) is 5.10 Å². The van der Waals surface area contributed by atoms with Crippen LogP contribution in [0.4, 0.5) is 23.0 Å². The van der Waals surface area contributed by atoms with Gasteiger partial charge in [0, 0.05) is 68.6 Å². The lowest BCUT2D eigenvalue weighted by Gasteiger charge is -2.43. The number of aromatic nitrogens is 3. The average Bonchev–Trinajstić information content (AvgIpc) is 2.88. The SMILES string of the molecule is Cc1cc(C)c(N2CCN(c3cccnn3)[C@@H](C)C2)c(C)c1NC1CCN(c2ccccn2)CC1. The monoisotopic (exact) mass is 471 g/mol. The Hall–Kier alpha value is -3.35. The third-order valence-electron chi connectivity index (χ3n) is 7.54. The van der Waals surface area contributed by atoms with E-state index in [1.54, 1.807) is 6.20 Å². The first-order valence-corrected chi connectivity index (χ1v) is 12.8. The van der Waals surface area contributed by atoms with Gasteiger partial charge in [0.25, 0.3) is 0 Å². The van der Waals surface area contributed by atoms with Crippen molar-refractivity contribution in [2.75, 3.05) is 52.7 Å². The Morgan fingerprint density at radius 1 is 0.857 bits per heavy atom. The average molecular weight is 472 g/mol. The van der Waals surface area contributed by atoms with Crippen molar-refractivity contribution in [1.29, 1.82) is 0 Å². The summed E-state index contributed by atoms with van der Waals surface area (Å²) in [6.07, 6.45) is 5.85. The summed E-state index contributed by atoms with van der Waals surface area (Å²) < 4.78 is 0. The second-order valence-corrected chi connectivity index (χ2v) is 10.0. The smallest absolute Gasteiger partial charge is 0.151 e. The van der Waals surface area contributed by atoms with Crippen molar-refractivity contribution in [2.45, 2.75) is 52.6 Å². The Morgan fingerprint density at radius 2 is 1.66 bits per heavy atom. The lowest BCUT2D eigenvalue weighted by Crippen LogP contribution is -2.52. The fourth-order valence-corrected chi connectivity index (χ4v) is 5.83. The molecule has 0 spiro atoms. The van der Waals surface area contributed by atoms with Crippen LogP contribution in [0.3, 0.4) is 0 Å². The molecule has 1 aromatic carbocycles. The van der Waals surface area contributed by atoms with Crippen LogP contribution in [0.5, 0.6) is 0 Å². The van der Waals surface area contributed by atoms with Crippen molar-refractivity contribution in [3.05, 3.63) is 65.5 Å². The van der Waals surface area contributed by atoms with Crippen molar-refractivity contribution in [1.82, 2.24) is 15.2 Å². The number of rotatable bonds is 5. The quantitative estimate of drug-likeness (QED) is 0.584. The summed E-state index contributed by atoms with van der Waals surface area (Å²) in [4.78, 5) is 11.9. The minimum atomic E-state index is 0.368. The van der Waals surface area contributed by atoms with E-state index < -0.39 is 0 Å². The maximum absolute atomic E-state index is 4.53. The highest BCUT2D eigenvalue weighted by Gasteiger charge is 2.28. The molecule has 2 aliphatic heterocycles. The van der Waals surface area contributed by atoms with Gasteiger partial charge in [-0.25, -0.2) is 4.98 Å². The Kier molecular flexibility index (Phi) is 6.75. The van der Waals surface area contributed by atoms with Crippen LogP contribution in [0, 0.1) is 20.8 Å². The van der Waals surface area contributed by atoms with Gasteiger partial charge in [0.15, 0.2) is 5.82 Å². The van der Waals surface area contributed by atoms with Crippen LogP contribution in [0.25, 0.3) is 0 Å². The largest absolute Gasteiger partial charge is 0.382 e. The predicted molar refractivity (Wildman–Crippen MR) is 145 cm³/mol. The van der Waals surface area contributed by atoms with Gasteiger partial charge in [-0.05, 0) is 81.5 Å². The molecule has 1 N–H and O–H groups in total. The molecular weight excluding hydrogens is 434 g/mol. The van der Waals surface area contributed by atoms with Gasteiger partial charge in [-0.15, -0.1) is 5.10 Å². The van der Waals surface area contributed by atoms with Gasteiger partial charge < -0.3 is 20.0 Å². The number of hydrogen-bond donors (Lipinski definition) is 1. The minimum absolute atomic E-state index is 0.368. The molecule has 35 heavy (non-hydrogen) atoms. The molecule has 1 atom stereocenters. The molecule has 2 fully saturated rings. The van der Waals surface area contributed by atoms with Crippen molar-refractivity contribution in [3.63, 3.8) is 0 Å². The van der Waals surface area contributed by atoms with E-state index in [-0.39, 0.29) is 0 Å². The molecule has 5 rings (SSSR count). The zero-order chi connectivity index (χ0) is 24.4. The van der Waals surface area contributed by atoms with Crippen LogP contribution in [0.15, 0.2) is 48.8 Å². The van der Waals surface area contributed by atoms with Gasteiger partial charge in [-0.1, -0.05) is 12.1 Å². The van der Waals surface area contributed by atoms with Crippen LogP contribution in [-0.4, -0.2) is 60.0 Å². The second kappa shape index (κ2) is 10.1. The van der Waals surface area contributed by atoms with E-state index in [9.17, 15) is 0 Å². The molecule has 4 heterocycles. The lowest BCUT2D eigenvalue weighted by atomic mass is 9.97. The molecule has 2 aromatic heterocycles. The maximum Gasteiger partial charge on any atom is 0.151 e. The molecule has 0 unspecified atom stereocenters. The third-order valence-corrected chi connectivity index (χ3v) is 7.54. The molecule has 184 valence electrons. The zero-order valence-corrected chi connectivity index (χ0v) is 21.4. The number of pyridine rings is 1. The topological polar surface area (TPSA) is 60.4 Å². The van der Waals surface area contributed by atoms with E-state index in [0.717, 1.165) is 57.2 Å². The first-order chi connectivity index (χ1) is 17.0. The first-order valence-electron chi connectivity index (χ1n) is 12.8. The van der Waals surface area contributed by atoms with Crippen LogP contribution in [0.1, 0.15) is 36.5 Å². The van der Waals surface area contributed by atoms with E-state index in [4.69, 9.17) is 0 Å². The maximum atomic E-state index is 4.53. The highest BCUT2D eigenvalue weighted by Crippen LogP contribution is 2.36. The summed E-state index contributed by atoms with van der Waals surface area (Å²) in [6, 6.07) is 13.4. The highest BCUT2D eigenvalue weighted by molar-refractivity contribution is 5.73. The number of piperazine rings is 1. The molecule has 7 heteroatoms. The summed E-state index contributed by atoms with van der Waals surface area (Å²) in [5.74, 6) is 2.06. The third kappa shape index (κ3) is 4.90. The Balaban J connectivity index is 1.29. The van der Waals surface area contributed by atoms with Crippen LogP contribution in [-0.2, 0) is 0 Å². The second-order valence-electron chi connectivity index (χ2n) is 10.0. The number of hydrogen-bond acceptors (Lipinski definition) is 7. The fourth-order valence-electron chi connectivity index (χ4n) is 5.83. The van der Waals surface area contributed by atoms with Crippen molar-refractivity contribution in [3.8, 4) is 0 Å². The molecule has 2 saturated heterocycles. The van der Waals surface area contributed by atoms with Gasteiger partial charge in [0.2, 0.25) is 0 Å². The summed E-state index contributed by atoms with van der Waals surface area (Å²) in [7, 11) is 0. The van der Waals surface area contributed by atoms with Crippen molar-refractivity contribution >= 4 is 23.0 Å². The Morgan fingerprint density at radius 3 is 2.34 bits per heavy atom. The molecule has 0 amide bonds. The molecule has 2 aliphatic rings. The summed E-state index contributed by atoms with van der Waals surface area (Å²) in [5, 5.41) is 12.4. The van der Waals surface area contributed by atoms with Crippen LogP contribution in [0.2, 0.25) is 0 Å². The van der Waals surface area contributed by atoms with E-state index in [1.165, 1.54) is 28.1 Å². The van der Waals surface area contributed by atoms with E-state index in [0.29, 0.717) is 12.1 Å². The van der Waals surface area contributed by atoms with Crippen molar-refractivity contribution in [2.24, 2.45) is 0 Å². The van der Waals surface area contributed by atoms with E-state index in [1.807, 2.05) is 18.3 Å². The first kappa shape index (κ1) is 23.4.